The maximum absolute atomic E-state index is 10.6. The zero-order chi connectivity index (χ0) is 19.1. The molecule has 3 aromatic heterocycles. The lowest BCUT2D eigenvalue weighted by molar-refractivity contribution is 0.194. The SMILES string of the molecule is Cc1ncc(CO)c(CN2CCc3[nH]cnc3[C@H]2c2cnn(C)c2C)c1O. The number of pyridine rings is 1. The molecule has 0 spiro atoms. The average molecular weight is 368 g/mol. The molecule has 0 aliphatic carbocycles. The van der Waals surface area contributed by atoms with Crippen LogP contribution < -0.4 is 0 Å². The number of fused-ring (bicyclic) bond motifs is 1. The number of rotatable bonds is 4. The highest BCUT2D eigenvalue weighted by atomic mass is 16.3. The van der Waals surface area contributed by atoms with E-state index in [0.717, 1.165) is 41.2 Å². The van der Waals surface area contributed by atoms with Crippen LogP contribution in [0.2, 0.25) is 0 Å². The molecule has 0 radical (unpaired) electrons. The fourth-order valence-corrected chi connectivity index (χ4v) is 3.82. The number of nitrogens with zero attached hydrogens (tertiary/aromatic N) is 5. The van der Waals surface area contributed by atoms with Gasteiger partial charge in [0.05, 0.1) is 36.6 Å². The molecule has 0 fully saturated rings. The van der Waals surface area contributed by atoms with Crippen molar-refractivity contribution in [3.8, 4) is 5.75 Å². The van der Waals surface area contributed by atoms with E-state index in [4.69, 9.17) is 0 Å². The predicted octanol–water partition coefficient (Wildman–Crippen LogP) is 1.50. The van der Waals surface area contributed by atoms with Gasteiger partial charge in [0.1, 0.15) is 5.75 Å². The maximum atomic E-state index is 10.6. The third kappa shape index (κ3) is 2.90. The molecular formula is C19H24N6O2. The first-order valence-corrected chi connectivity index (χ1v) is 9.03. The van der Waals surface area contributed by atoms with Gasteiger partial charge in [-0.05, 0) is 13.8 Å². The zero-order valence-corrected chi connectivity index (χ0v) is 15.8. The Morgan fingerprint density at radius 2 is 2.07 bits per heavy atom. The molecule has 1 atom stereocenters. The molecule has 0 unspecified atom stereocenters. The summed E-state index contributed by atoms with van der Waals surface area (Å²) in [6, 6.07) is -0.0619. The standard InChI is InChI=1S/C19H24N6O2/c1-11-19(27)15(13(9-26)6-20-11)8-25-5-4-16-17(22-10-21-16)18(25)14-7-23-24(3)12(14)2/h6-7,10,18,26-27H,4-5,8-9H2,1-3H3,(H,21,22)/t18-/m1/s1. The number of imidazole rings is 1. The van der Waals surface area contributed by atoms with E-state index in [1.54, 1.807) is 19.4 Å². The summed E-state index contributed by atoms with van der Waals surface area (Å²) in [5.41, 5.74) is 6.24. The fraction of sp³-hybridized carbons (Fsp3) is 0.421. The molecule has 142 valence electrons. The van der Waals surface area contributed by atoms with Gasteiger partial charge < -0.3 is 15.2 Å². The largest absolute Gasteiger partial charge is 0.506 e. The molecule has 27 heavy (non-hydrogen) atoms. The normalized spacial score (nSPS) is 17.3. The van der Waals surface area contributed by atoms with Gasteiger partial charge in [-0.15, -0.1) is 0 Å². The van der Waals surface area contributed by atoms with Crippen LogP contribution in [0.25, 0.3) is 0 Å². The number of aliphatic hydroxyl groups is 1. The lowest BCUT2D eigenvalue weighted by Gasteiger charge is -2.35. The van der Waals surface area contributed by atoms with Crippen molar-refractivity contribution in [1.82, 2.24) is 29.6 Å². The van der Waals surface area contributed by atoms with Crippen LogP contribution in [0, 0.1) is 13.8 Å². The Hall–Kier alpha value is -2.71. The number of nitrogens with one attached hydrogen (secondary N) is 1. The Morgan fingerprint density at radius 3 is 2.78 bits per heavy atom. The summed E-state index contributed by atoms with van der Waals surface area (Å²) in [4.78, 5) is 14.3. The fourth-order valence-electron chi connectivity index (χ4n) is 3.82. The van der Waals surface area contributed by atoms with Gasteiger partial charge in [-0.1, -0.05) is 0 Å². The molecule has 0 aromatic carbocycles. The minimum atomic E-state index is -0.158. The van der Waals surface area contributed by atoms with Crippen molar-refractivity contribution in [2.45, 2.75) is 39.5 Å². The van der Waals surface area contributed by atoms with Crippen molar-refractivity contribution in [2.75, 3.05) is 6.54 Å². The van der Waals surface area contributed by atoms with Crippen LogP contribution in [0.4, 0.5) is 0 Å². The van der Waals surface area contributed by atoms with Crippen molar-refractivity contribution < 1.29 is 10.2 Å². The second-order valence-electron chi connectivity index (χ2n) is 7.05. The summed E-state index contributed by atoms with van der Waals surface area (Å²) in [6.07, 6.45) is 6.12. The summed E-state index contributed by atoms with van der Waals surface area (Å²) in [7, 11) is 1.93. The molecule has 8 nitrogen and oxygen atoms in total. The number of aromatic nitrogens is 5. The van der Waals surface area contributed by atoms with Gasteiger partial charge in [-0.3, -0.25) is 14.6 Å². The third-order valence-electron chi connectivity index (χ3n) is 5.55. The topological polar surface area (TPSA) is 103 Å². The van der Waals surface area contributed by atoms with Crippen molar-refractivity contribution in [1.29, 1.82) is 0 Å². The van der Waals surface area contributed by atoms with Crippen molar-refractivity contribution in [3.05, 3.63) is 58.2 Å². The van der Waals surface area contributed by atoms with E-state index in [-0.39, 0.29) is 18.4 Å². The van der Waals surface area contributed by atoms with Crippen molar-refractivity contribution >= 4 is 0 Å². The van der Waals surface area contributed by atoms with E-state index < -0.39 is 0 Å². The smallest absolute Gasteiger partial charge is 0.141 e. The van der Waals surface area contributed by atoms with E-state index in [1.807, 2.05) is 17.9 Å². The van der Waals surface area contributed by atoms with Gasteiger partial charge in [0.15, 0.2) is 0 Å². The lowest BCUT2D eigenvalue weighted by atomic mass is 9.95. The molecule has 4 rings (SSSR count). The van der Waals surface area contributed by atoms with E-state index in [9.17, 15) is 10.2 Å². The number of aryl methyl sites for hydroxylation is 2. The van der Waals surface area contributed by atoms with Crippen molar-refractivity contribution in [2.24, 2.45) is 7.05 Å². The van der Waals surface area contributed by atoms with E-state index in [1.165, 1.54) is 0 Å². The van der Waals surface area contributed by atoms with Gasteiger partial charge >= 0.3 is 0 Å². The van der Waals surface area contributed by atoms with Gasteiger partial charge in [-0.2, -0.15) is 5.10 Å². The lowest BCUT2D eigenvalue weighted by Crippen LogP contribution is -2.36. The monoisotopic (exact) mass is 368 g/mol. The van der Waals surface area contributed by atoms with Crippen LogP contribution in [-0.4, -0.2) is 46.4 Å². The summed E-state index contributed by atoms with van der Waals surface area (Å²) in [5.74, 6) is 0.149. The van der Waals surface area contributed by atoms with E-state index in [0.29, 0.717) is 17.8 Å². The molecule has 3 aromatic rings. The maximum Gasteiger partial charge on any atom is 0.141 e. The van der Waals surface area contributed by atoms with Crippen LogP contribution in [0.5, 0.6) is 5.75 Å². The second kappa shape index (κ2) is 6.79. The highest BCUT2D eigenvalue weighted by molar-refractivity contribution is 5.41. The molecule has 1 aliphatic rings. The Labute approximate surface area is 157 Å². The van der Waals surface area contributed by atoms with Crippen LogP contribution in [0.1, 0.15) is 45.5 Å². The minimum absolute atomic E-state index is 0.0619. The Kier molecular flexibility index (Phi) is 4.45. The minimum Gasteiger partial charge on any atom is -0.506 e. The highest BCUT2D eigenvalue weighted by Crippen LogP contribution is 2.37. The number of H-pyrrole nitrogens is 1. The van der Waals surface area contributed by atoms with Gasteiger partial charge in [0.2, 0.25) is 0 Å². The number of hydrogen-bond donors (Lipinski definition) is 3. The summed E-state index contributed by atoms with van der Waals surface area (Å²) < 4.78 is 1.86. The number of aromatic amines is 1. The molecule has 4 heterocycles. The number of hydrogen-bond acceptors (Lipinski definition) is 6. The molecule has 0 bridgehead atoms. The molecule has 0 saturated heterocycles. The third-order valence-corrected chi connectivity index (χ3v) is 5.55. The Morgan fingerprint density at radius 1 is 1.26 bits per heavy atom. The van der Waals surface area contributed by atoms with Gasteiger partial charge in [-0.25, -0.2) is 4.98 Å². The van der Waals surface area contributed by atoms with E-state index >= 15 is 0 Å². The highest BCUT2D eigenvalue weighted by Gasteiger charge is 2.34. The average Bonchev–Trinajstić information content (AvgIpc) is 3.27. The molecule has 1 aliphatic heterocycles. The summed E-state index contributed by atoms with van der Waals surface area (Å²) in [6.45, 7) is 4.96. The first-order chi connectivity index (χ1) is 13.0. The Bertz CT molecular complexity index is 977. The zero-order valence-electron chi connectivity index (χ0n) is 15.8. The van der Waals surface area contributed by atoms with E-state index in [2.05, 4.69) is 31.9 Å². The van der Waals surface area contributed by atoms with Gasteiger partial charge in [0.25, 0.3) is 0 Å². The van der Waals surface area contributed by atoms with Crippen LogP contribution in [0.3, 0.4) is 0 Å². The first-order valence-electron chi connectivity index (χ1n) is 9.03. The number of aromatic hydroxyl groups is 1. The molecule has 0 amide bonds. The molecule has 0 saturated carbocycles. The van der Waals surface area contributed by atoms with Crippen LogP contribution in [-0.2, 0) is 26.6 Å². The van der Waals surface area contributed by atoms with Crippen LogP contribution in [0.15, 0.2) is 18.7 Å². The summed E-state index contributed by atoms with van der Waals surface area (Å²) in [5, 5.41) is 24.7. The Balaban J connectivity index is 1.78. The molecule has 3 N–H and O–H groups in total. The molecule has 8 heteroatoms. The van der Waals surface area contributed by atoms with Gasteiger partial charge in [0, 0.05) is 60.8 Å². The number of aliphatic hydroxyl groups excluding tert-OH is 1. The van der Waals surface area contributed by atoms with Crippen LogP contribution >= 0.6 is 0 Å². The quantitative estimate of drug-likeness (QED) is 0.645. The first kappa shape index (κ1) is 17.7. The predicted molar refractivity (Wildman–Crippen MR) is 99.1 cm³/mol. The summed E-state index contributed by atoms with van der Waals surface area (Å²) >= 11 is 0. The van der Waals surface area contributed by atoms with Crippen molar-refractivity contribution in [3.63, 3.8) is 0 Å². The molecular weight excluding hydrogens is 344 g/mol. The second-order valence-corrected chi connectivity index (χ2v) is 7.05.